The van der Waals surface area contributed by atoms with E-state index in [-0.39, 0.29) is 16.1 Å². The lowest BCUT2D eigenvalue weighted by molar-refractivity contribution is 0.561. The summed E-state index contributed by atoms with van der Waals surface area (Å²) in [5, 5.41) is 0.0354. The maximum absolute atomic E-state index is 12.1. The average molecular weight is 304 g/mol. The first-order valence-electron chi connectivity index (χ1n) is 6.10. The number of aryl methyl sites for hydroxylation is 2. The van der Waals surface area contributed by atoms with Crippen molar-refractivity contribution in [2.75, 3.05) is 0 Å². The second-order valence-electron chi connectivity index (χ2n) is 4.51. The number of rotatable bonds is 7. The molecule has 1 aromatic rings. The van der Waals surface area contributed by atoms with Crippen molar-refractivity contribution in [3.63, 3.8) is 0 Å². The van der Waals surface area contributed by atoms with E-state index in [0.29, 0.717) is 12.2 Å². The lowest BCUT2D eigenvalue weighted by Crippen LogP contribution is -2.35. The van der Waals surface area contributed by atoms with Crippen LogP contribution in [0.1, 0.15) is 32.5 Å². The molecule has 0 bridgehead atoms. The molecular formula is C11H20N4O2S2. The molecule has 0 radical (unpaired) electrons. The molecule has 0 saturated heterocycles. The zero-order chi connectivity index (χ0) is 14.6. The van der Waals surface area contributed by atoms with Crippen molar-refractivity contribution in [3.05, 3.63) is 12.0 Å². The zero-order valence-corrected chi connectivity index (χ0v) is 13.0. The van der Waals surface area contributed by atoms with Gasteiger partial charge in [-0.05, 0) is 20.3 Å². The van der Waals surface area contributed by atoms with E-state index in [0.717, 1.165) is 13.0 Å². The number of hydrogen-bond donors (Lipinski definition) is 2. The Hall–Kier alpha value is -0.990. The minimum atomic E-state index is -3.62. The van der Waals surface area contributed by atoms with Crippen molar-refractivity contribution in [3.8, 4) is 0 Å². The Morgan fingerprint density at radius 2 is 2.26 bits per heavy atom. The first-order chi connectivity index (χ1) is 8.76. The molecule has 1 aromatic heterocycles. The Morgan fingerprint density at radius 3 is 2.79 bits per heavy atom. The summed E-state index contributed by atoms with van der Waals surface area (Å²) in [4.78, 5) is 4.36. The van der Waals surface area contributed by atoms with Crippen LogP contribution in [0.15, 0.2) is 11.2 Å². The molecule has 19 heavy (non-hydrogen) atoms. The predicted octanol–water partition coefficient (Wildman–Crippen LogP) is 0.945. The molecule has 0 amide bonds. The highest BCUT2D eigenvalue weighted by Crippen LogP contribution is 2.10. The van der Waals surface area contributed by atoms with E-state index in [9.17, 15) is 8.42 Å². The molecule has 0 saturated carbocycles. The van der Waals surface area contributed by atoms with Gasteiger partial charge in [0.1, 0.15) is 5.82 Å². The van der Waals surface area contributed by atoms with Crippen molar-refractivity contribution in [2.24, 2.45) is 5.73 Å². The van der Waals surface area contributed by atoms with Gasteiger partial charge in [0.25, 0.3) is 10.0 Å². The molecular weight excluding hydrogens is 284 g/mol. The monoisotopic (exact) mass is 304 g/mol. The Kier molecular flexibility index (Phi) is 5.45. The molecule has 0 aliphatic heterocycles. The van der Waals surface area contributed by atoms with E-state index in [1.54, 1.807) is 20.0 Å². The molecule has 0 aliphatic carbocycles. The summed E-state index contributed by atoms with van der Waals surface area (Å²) in [6.45, 7) is 6.27. The first-order valence-corrected chi connectivity index (χ1v) is 7.99. The van der Waals surface area contributed by atoms with Crippen LogP contribution >= 0.6 is 12.2 Å². The lowest BCUT2D eigenvalue weighted by atomic mass is 10.3. The smallest absolute Gasteiger partial charge is 0.259 e. The molecule has 1 rings (SSSR count). The third-order valence-electron chi connectivity index (χ3n) is 2.56. The maximum atomic E-state index is 12.1. The summed E-state index contributed by atoms with van der Waals surface area (Å²) in [5.74, 6) is 0.684. The molecule has 1 atom stereocenters. The number of nitrogens with two attached hydrogens (primary N) is 1. The van der Waals surface area contributed by atoms with Gasteiger partial charge >= 0.3 is 0 Å². The quantitative estimate of drug-likeness (QED) is 0.732. The van der Waals surface area contributed by atoms with Gasteiger partial charge in [-0.2, -0.15) is 0 Å². The number of sulfonamides is 1. The number of imidazole rings is 1. The highest BCUT2D eigenvalue weighted by molar-refractivity contribution is 7.89. The molecule has 0 aliphatic rings. The molecule has 8 heteroatoms. The Bertz CT molecular complexity index is 551. The van der Waals surface area contributed by atoms with E-state index >= 15 is 0 Å². The SMILES string of the molecule is CCCn1cc(S(=O)(=O)NC(C)CC(N)=S)nc1C. The number of nitrogens with one attached hydrogen (secondary N) is 1. The minimum absolute atomic E-state index is 0.0354. The van der Waals surface area contributed by atoms with E-state index in [1.165, 1.54) is 0 Å². The third kappa shape index (κ3) is 4.55. The average Bonchev–Trinajstić information content (AvgIpc) is 2.59. The van der Waals surface area contributed by atoms with Gasteiger partial charge in [0.05, 0.1) is 4.99 Å². The Labute approximate surface area is 119 Å². The van der Waals surface area contributed by atoms with Gasteiger partial charge < -0.3 is 10.3 Å². The van der Waals surface area contributed by atoms with Crippen molar-refractivity contribution >= 4 is 27.2 Å². The summed E-state index contributed by atoms with van der Waals surface area (Å²) >= 11 is 4.76. The van der Waals surface area contributed by atoms with Gasteiger partial charge in [0, 0.05) is 25.2 Å². The van der Waals surface area contributed by atoms with Crippen molar-refractivity contribution in [1.29, 1.82) is 0 Å². The summed E-state index contributed by atoms with van der Waals surface area (Å²) in [6, 6.07) is -0.348. The normalized spacial score (nSPS) is 13.4. The molecule has 1 heterocycles. The van der Waals surface area contributed by atoms with Crippen LogP contribution < -0.4 is 10.5 Å². The fourth-order valence-electron chi connectivity index (χ4n) is 1.74. The van der Waals surface area contributed by atoms with Crippen LogP contribution in [0, 0.1) is 6.92 Å². The lowest BCUT2D eigenvalue weighted by Gasteiger charge is -2.11. The highest BCUT2D eigenvalue weighted by atomic mass is 32.2. The van der Waals surface area contributed by atoms with Crippen LogP contribution in [0.2, 0.25) is 0 Å². The Morgan fingerprint density at radius 1 is 1.63 bits per heavy atom. The minimum Gasteiger partial charge on any atom is -0.393 e. The molecule has 0 aromatic carbocycles. The second-order valence-corrected chi connectivity index (χ2v) is 6.70. The summed E-state index contributed by atoms with van der Waals surface area (Å²) in [6.07, 6.45) is 2.79. The standard InChI is InChI=1S/C11H20N4O2S2/c1-4-5-15-7-11(13-9(15)3)19(16,17)14-8(2)6-10(12)18/h7-8,14H,4-6H2,1-3H3,(H2,12,18). The van der Waals surface area contributed by atoms with Crippen LogP contribution in [0.3, 0.4) is 0 Å². The fourth-order valence-corrected chi connectivity index (χ4v) is 3.25. The van der Waals surface area contributed by atoms with Crippen molar-refractivity contribution in [2.45, 2.75) is 51.2 Å². The van der Waals surface area contributed by atoms with E-state index in [2.05, 4.69) is 9.71 Å². The van der Waals surface area contributed by atoms with Crippen molar-refractivity contribution in [1.82, 2.24) is 14.3 Å². The van der Waals surface area contributed by atoms with Gasteiger partial charge in [-0.15, -0.1) is 0 Å². The molecule has 0 fully saturated rings. The summed E-state index contributed by atoms with van der Waals surface area (Å²) in [5.41, 5.74) is 5.40. The number of thiocarbonyl (C=S) groups is 1. The molecule has 6 nitrogen and oxygen atoms in total. The number of hydrogen-bond acceptors (Lipinski definition) is 4. The van der Waals surface area contributed by atoms with Crippen molar-refractivity contribution < 1.29 is 8.42 Å². The van der Waals surface area contributed by atoms with Gasteiger partial charge in [-0.25, -0.2) is 18.1 Å². The van der Waals surface area contributed by atoms with Crippen LogP contribution in [0.5, 0.6) is 0 Å². The van der Waals surface area contributed by atoms with Gasteiger partial charge in [-0.1, -0.05) is 19.1 Å². The third-order valence-corrected chi connectivity index (χ3v) is 4.18. The maximum Gasteiger partial charge on any atom is 0.259 e. The van der Waals surface area contributed by atoms with Crippen LogP contribution in [0.4, 0.5) is 0 Å². The van der Waals surface area contributed by atoms with E-state index < -0.39 is 10.0 Å². The van der Waals surface area contributed by atoms with Crippen LogP contribution in [-0.4, -0.2) is 29.0 Å². The number of aromatic nitrogens is 2. The van der Waals surface area contributed by atoms with Gasteiger partial charge in [0.15, 0.2) is 5.03 Å². The van der Waals surface area contributed by atoms with E-state index in [4.69, 9.17) is 18.0 Å². The topological polar surface area (TPSA) is 90.0 Å². The zero-order valence-electron chi connectivity index (χ0n) is 11.4. The molecule has 108 valence electrons. The molecule has 0 spiro atoms. The highest BCUT2D eigenvalue weighted by Gasteiger charge is 2.21. The Balaban J connectivity index is 2.88. The summed E-state index contributed by atoms with van der Waals surface area (Å²) < 4.78 is 28.6. The second kappa shape index (κ2) is 6.44. The predicted molar refractivity (Wildman–Crippen MR) is 78.4 cm³/mol. The molecule has 3 N–H and O–H groups in total. The molecule has 1 unspecified atom stereocenters. The van der Waals surface area contributed by atoms with Gasteiger partial charge in [-0.3, -0.25) is 0 Å². The first kappa shape index (κ1) is 16.1. The fraction of sp³-hybridized carbons (Fsp3) is 0.636. The largest absolute Gasteiger partial charge is 0.393 e. The van der Waals surface area contributed by atoms with Crippen LogP contribution in [-0.2, 0) is 16.6 Å². The van der Waals surface area contributed by atoms with Gasteiger partial charge in [0.2, 0.25) is 0 Å². The van der Waals surface area contributed by atoms with E-state index in [1.807, 2.05) is 11.5 Å². The van der Waals surface area contributed by atoms with Crippen LogP contribution in [0.25, 0.3) is 0 Å². The summed E-state index contributed by atoms with van der Waals surface area (Å²) in [7, 11) is -3.62. The number of nitrogens with zero attached hydrogens (tertiary/aromatic N) is 2.